The minimum absolute atomic E-state index is 0.113. The highest BCUT2D eigenvalue weighted by molar-refractivity contribution is 5.75. The van der Waals surface area contributed by atoms with E-state index in [2.05, 4.69) is 34.6 Å². The van der Waals surface area contributed by atoms with E-state index >= 15 is 0 Å². The summed E-state index contributed by atoms with van der Waals surface area (Å²) in [6.45, 7) is 12.7. The van der Waals surface area contributed by atoms with E-state index in [1.165, 1.54) is 0 Å². The molecule has 102 valence electrons. The van der Waals surface area contributed by atoms with E-state index in [-0.39, 0.29) is 5.41 Å². The molecule has 17 heavy (non-hydrogen) atoms. The molecule has 0 aromatic heterocycles. The molecule has 0 saturated heterocycles. The topological polar surface area (TPSA) is 37.3 Å². The van der Waals surface area contributed by atoms with Crippen molar-refractivity contribution in [2.24, 2.45) is 16.7 Å². The maximum atomic E-state index is 11.8. The van der Waals surface area contributed by atoms with Gasteiger partial charge in [-0.05, 0) is 31.1 Å². The smallest absolute Gasteiger partial charge is 0.309 e. The summed E-state index contributed by atoms with van der Waals surface area (Å²) in [4.78, 5) is 11.8. The maximum Gasteiger partial charge on any atom is 0.309 e. The molecule has 0 fully saturated rings. The molecule has 0 radical (unpaired) electrons. The molecule has 0 aromatic rings. The lowest BCUT2D eigenvalue weighted by atomic mass is 9.55. The van der Waals surface area contributed by atoms with Gasteiger partial charge in [-0.1, -0.05) is 53.9 Å². The van der Waals surface area contributed by atoms with Gasteiger partial charge < -0.3 is 5.11 Å². The van der Waals surface area contributed by atoms with Crippen molar-refractivity contribution in [2.45, 2.75) is 73.6 Å². The number of hydrogen-bond donors (Lipinski definition) is 1. The van der Waals surface area contributed by atoms with E-state index in [0.717, 1.165) is 32.1 Å². The number of carboxylic acids is 1. The quantitative estimate of drug-likeness (QED) is 0.668. The van der Waals surface area contributed by atoms with Gasteiger partial charge in [0.2, 0.25) is 0 Å². The number of carbonyl (C=O) groups is 1. The summed E-state index contributed by atoms with van der Waals surface area (Å²) >= 11 is 0. The molecule has 0 aliphatic heterocycles. The van der Waals surface area contributed by atoms with Gasteiger partial charge in [0, 0.05) is 0 Å². The van der Waals surface area contributed by atoms with Crippen molar-refractivity contribution in [1.82, 2.24) is 0 Å². The predicted octanol–water partition coefficient (Wildman–Crippen LogP) is 4.73. The van der Waals surface area contributed by atoms with Gasteiger partial charge in [0.05, 0.1) is 5.41 Å². The average molecular weight is 242 g/mol. The van der Waals surface area contributed by atoms with Crippen LogP contribution in [0.2, 0.25) is 0 Å². The highest BCUT2D eigenvalue weighted by Crippen LogP contribution is 2.52. The summed E-state index contributed by atoms with van der Waals surface area (Å²) in [7, 11) is 0. The lowest BCUT2D eigenvalue weighted by Gasteiger charge is -2.48. The lowest BCUT2D eigenvalue weighted by molar-refractivity contribution is -0.161. The lowest BCUT2D eigenvalue weighted by Crippen LogP contribution is -2.48. The molecule has 2 unspecified atom stereocenters. The third kappa shape index (κ3) is 2.83. The average Bonchev–Trinajstić information content (AvgIpc) is 2.29. The van der Waals surface area contributed by atoms with Gasteiger partial charge in [0.1, 0.15) is 0 Å². The summed E-state index contributed by atoms with van der Waals surface area (Å²) in [5.74, 6) is -0.143. The third-order valence-electron chi connectivity index (χ3n) is 5.10. The molecule has 0 rings (SSSR count). The zero-order valence-corrected chi connectivity index (χ0v) is 12.5. The van der Waals surface area contributed by atoms with Gasteiger partial charge in [-0.25, -0.2) is 0 Å². The Bertz CT molecular complexity index is 245. The Kier molecular flexibility index (Phi) is 6.22. The van der Waals surface area contributed by atoms with Crippen LogP contribution in [0.25, 0.3) is 0 Å². The number of rotatable bonds is 8. The monoisotopic (exact) mass is 242 g/mol. The van der Waals surface area contributed by atoms with Crippen molar-refractivity contribution in [3.63, 3.8) is 0 Å². The molecule has 0 aromatic carbocycles. The fourth-order valence-corrected chi connectivity index (χ4v) is 3.46. The van der Waals surface area contributed by atoms with Crippen molar-refractivity contribution in [2.75, 3.05) is 0 Å². The van der Waals surface area contributed by atoms with Crippen LogP contribution in [-0.2, 0) is 4.79 Å². The van der Waals surface area contributed by atoms with Crippen LogP contribution in [0, 0.1) is 16.7 Å². The predicted molar refractivity (Wildman–Crippen MR) is 73.1 cm³/mol. The van der Waals surface area contributed by atoms with Gasteiger partial charge in [0.15, 0.2) is 0 Å². The van der Waals surface area contributed by atoms with Crippen LogP contribution >= 0.6 is 0 Å². The molecule has 2 atom stereocenters. The standard InChI is InChI=1S/C15H30O2/c1-7-11-15(6,13(16)17)14(5,10-4)12(8-2)9-3/h12H,7-11H2,1-6H3,(H,16,17). The minimum Gasteiger partial charge on any atom is -0.481 e. The summed E-state index contributed by atoms with van der Waals surface area (Å²) in [5.41, 5.74) is -0.717. The van der Waals surface area contributed by atoms with Crippen LogP contribution in [-0.4, -0.2) is 11.1 Å². The second kappa shape index (κ2) is 6.42. The molecular formula is C15H30O2. The molecule has 0 heterocycles. The zero-order chi connectivity index (χ0) is 13.7. The summed E-state index contributed by atoms with van der Waals surface area (Å²) in [6.07, 6.45) is 4.75. The number of hydrogen-bond acceptors (Lipinski definition) is 1. The molecule has 0 aliphatic rings. The van der Waals surface area contributed by atoms with Gasteiger partial charge in [-0.3, -0.25) is 4.79 Å². The second-order valence-corrected chi connectivity index (χ2v) is 5.67. The van der Waals surface area contributed by atoms with Crippen molar-refractivity contribution in [1.29, 1.82) is 0 Å². The Hall–Kier alpha value is -0.530. The molecular weight excluding hydrogens is 212 g/mol. The normalized spacial score (nSPS) is 18.8. The fourth-order valence-electron chi connectivity index (χ4n) is 3.46. The molecule has 0 amide bonds. The third-order valence-corrected chi connectivity index (χ3v) is 5.10. The number of aliphatic carboxylic acids is 1. The Morgan fingerprint density at radius 3 is 1.82 bits per heavy atom. The van der Waals surface area contributed by atoms with Crippen LogP contribution < -0.4 is 0 Å². The van der Waals surface area contributed by atoms with E-state index < -0.39 is 11.4 Å². The van der Waals surface area contributed by atoms with Crippen LogP contribution in [0.1, 0.15) is 73.6 Å². The SMILES string of the molecule is CCCC(C)(C(=O)O)C(C)(CC)C(CC)CC. The van der Waals surface area contributed by atoms with E-state index in [1.54, 1.807) is 0 Å². The van der Waals surface area contributed by atoms with Crippen molar-refractivity contribution < 1.29 is 9.90 Å². The van der Waals surface area contributed by atoms with Crippen LogP contribution in [0.4, 0.5) is 0 Å². The highest BCUT2D eigenvalue weighted by atomic mass is 16.4. The van der Waals surface area contributed by atoms with E-state index in [0.29, 0.717) is 5.92 Å². The Morgan fingerprint density at radius 2 is 1.59 bits per heavy atom. The van der Waals surface area contributed by atoms with Crippen molar-refractivity contribution >= 4 is 5.97 Å². The molecule has 0 spiro atoms. The maximum absolute atomic E-state index is 11.8. The second-order valence-electron chi connectivity index (χ2n) is 5.67. The zero-order valence-electron chi connectivity index (χ0n) is 12.5. The number of carboxylic acid groups (broad SMARTS) is 1. The molecule has 0 bridgehead atoms. The first-order valence-corrected chi connectivity index (χ1v) is 7.07. The first kappa shape index (κ1) is 16.5. The summed E-state index contributed by atoms with van der Waals surface area (Å²) in [5, 5.41) is 9.67. The highest BCUT2D eigenvalue weighted by Gasteiger charge is 2.51. The Labute approximate surface area is 107 Å². The largest absolute Gasteiger partial charge is 0.481 e. The summed E-state index contributed by atoms with van der Waals surface area (Å²) in [6, 6.07) is 0. The molecule has 1 N–H and O–H groups in total. The first-order chi connectivity index (χ1) is 7.83. The van der Waals surface area contributed by atoms with E-state index in [9.17, 15) is 9.90 Å². The Morgan fingerprint density at radius 1 is 1.12 bits per heavy atom. The van der Waals surface area contributed by atoms with Gasteiger partial charge in [-0.2, -0.15) is 0 Å². The van der Waals surface area contributed by atoms with Crippen molar-refractivity contribution in [3.05, 3.63) is 0 Å². The first-order valence-electron chi connectivity index (χ1n) is 7.07. The minimum atomic E-state index is -0.629. The van der Waals surface area contributed by atoms with E-state index in [4.69, 9.17) is 0 Å². The van der Waals surface area contributed by atoms with Crippen LogP contribution in [0.3, 0.4) is 0 Å². The van der Waals surface area contributed by atoms with Gasteiger partial charge in [-0.15, -0.1) is 0 Å². The summed E-state index contributed by atoms with van der Waals surface area (Å²) < 4.78 is 0. The van der Waals surface area contributed by atoms with Gasteiger partial charge in [0.25, 0.3) is 0 Å². The van der Waals surface area contributed by atoms with E-state index in [1.807, 2.05) is 6.92 Å². The fraction of sp³-hybridized carbons (Fsp3) is 0.933. The van der Waals surface area contributed by atoms with Crippen molar-refractivity contribution in [3.8, 4) is 0 Å². The van der Waals surface area contributed by atoms with Crippen LogP contribution in [0.5, 0.6) is 0 Å². The molecule has 0 saturated carbocycles. The molecule has 0 aliphatic carbocycles. The van der Waals surface area contributed by atoms with Gasteiger partial charge >= 0.3 is 5.97 Å². The molecule has 2 heteroatoms. The van der Waals surface area contributed by atoms with Crippen LogP contribution in [0.15, 0.2) is 0 Å². The molecule has 2 nitrogen and oxygen atoms in total. The Balaban J connectivity index is 5.48.